The van der Waals surface area contributed by atoms with Crippen LogP contribution in [0.4, 0.5) is 5.82 Å². The summed E-state index contributed by atoms with van der Waals surface area (Å²) in [7, 11) is 1.85. The second kappa shape index (κ2) is 5.30. The summed E-state index contributed by atoms with van der Waals surface area (Å²) in [4.78, 5) is 0. The molecule has 2 aromatic rings. The molecular formula is C15H19Cl2N3. The molecule has 0 bridgehead atoms. The van der Waals surface area contributed by atoms with Gasteiger partial charge >= 0.3 is 0 Å². The fourth-order valence-corrected chi connectivity index (χ4v) is 2.41. The number of anilines is 1. The van der Waals surface area contributed by atoms with Crippen LogP contribution in [0.5, 0.6) is 0 Å². The highest BCUT2D eigenvalue weighted by molar-refractivity contribution is 6.42. The number of nitrogens with two attached hydrogens (primary N) is 1. The monoisotopic (exact) mass is 311 g/mol. The van der Waals surface area contributed by atoms with E-state index in [0.717, 1.165) is 23.2 Å². The number of halogens is 2. The largest absolute Gasteiger partial charge is 0.383 e. The van der Waals surface area contributed by atoms with Gasteiger partial charge in [0, 0.05) is 18.0 Å². The minimum Gasteiger partial charge on any atom is -0.383 e. The van der Waals surface area contributed by atoms with Gasteiger partial charge in [0.2, 0.25) is 0 Å². The number of aromatic nitrogens is 2. The second-order valence-electron chi connectivity index (χ2n) is 5.60. The van der Waals surface area contributed by atoms with Crippen LogP contribution < -0.4 is 5.73 Å². The van der Waals surface area contributed by atoms with Crippen molar-refractivity contribution in [2.24, 2.45) is 7.05 Å². The molecule has 0 saturated heterocycles. The van der Waals surface area contributed by atoms with Gasteiger partial charge in [-0.15, -0.1) is 0 Å². The predicted molar refractivity (Wildman–Crippen MR) is 86.4 cm³/mol. The quantitative estimate of drug-likeness (QED) is 0.895. The Morgan fingerprint density at radius 3 is 2.45 bits per heavy atom. The molecule has 0 unspecified atom stereocenters. The SMILES string of the molecule is CCC(C)(C)c1nn(C)c(N)c1-c1ccc(Cl)c(Cl)c1. The first-order chi connectivity index (χ1) is 9.27. The maximum Gasteiger partial charge on any atom is 0.129 e. The minimum atomic E-state index is -0.0587. The van der Waals surface area contributed by atoms with Crippen LogP contribution in [0, 0.1) is 0 Å². The summed E-state index contributed by atoms with van der Waals surface area (Å²) in [5.74, 6) is 0.639. The summed E-state index contributed by atoms with van der Waals surface area (Å²) in [6.07, 6.45) is 0.970. The highest BCUT2D eigenvalue weighted by Crippen LogP contribution is 2.39. The van der Waals surface area contributed by atoms with E-state index in [-0.39, 0.29) is 5.41 Å². The van der Waals surface area contributed by atoms with E-state index in [1.165, 1.54) is 0 Å². The van der Waals surface area contributed by atoms with E-state index in [4.69, 9.17) is 28.9 Å². The molecule has 1 aromatic heterocycles. The fraction of sp³-hybridized carbons (Fsp3) is 0.400. The van der Waals surface area contributed by atoms with Crippen LogP contribution >= 0.6 is 23.2 Å². The number of nitrogen functional groups attached to an aromatic ring is 1. The third-order valence-corrected chi connectivity index (χ3v) is 4.56. The maximum atomic E-state index is 6.20. The molecule has 20 heavy (non-hydrogen) atoms. The molecule has 0 aliphatic rings. The van der Waals surface area contributed by atoms with E-state index < -0.39 is 0 Å². The highest BCUT2D eigenvalue weighted by Gasteiger charge is 2.28. The third kappa shape index (κ3) is 2.52. The average molecular weight is 312 g/mol. The molecule has 0 fully saturated rings. The Morgan fingerprint density at radius 1 is 1.25 bits per heavy atom. The topological polar surface area (TPSA) is 43.8 Å². The van der Waals surface area contributed by atoms with Crippen LogP contribution in [0.15, 0.2) is 18.2 Å². The van der Waals surface area contributed by atoms with Crippen molar-refractivity contribution in [3.63, 3.8) is 0 Å². The van der Waals surface area contributed by atoms with Crippen molar-refractivity contribution in [3.05, 3.63) is 33.9 Å². The van der Waals surface area contributed by atoms with Gasteiger partial charge in [0.25, 0.3) is 0 Å². The van der Waals surface area contributed by atoms with Gasteiger partial charge in [0.15, 0.2) is 0 Å². The molecule has 1 aromatic carbocycles. The average Bonchev–Trinajstić information content (AvgIpc) is 2.70. The maximum absolute atomic E-state index is 6.20. The number of rotatable bonds is 3. The Hall–Kier alpha value is -1.19. The van der Waals surface area contributed by atoms with Crippen LogP contribution in [0.2, 0.25) is 10.0 Å². The van der Waals surface area contributed by atoms with Gasteiger partial charge < -0.3 is 5.73 Å². The van der Waals surface area contributed by atoms with Gasteiger partial charge in [0.05, 0.1) is 15.7 Å². The van der Waals surface area contributed by atoms with Crippen LogP contribution in [0.3, 0.4) is 0 Å². The summed E-state index contributed by atoms with van der Waals surface area (Å²) in [5, 5.41) is 5.65. The van der Waals surface area contributed by atoms with Gasteiger partial charge in [-0.1, -0.05) is 50.0 Å². The van der Waals surface area contributed by atoms with E-state index in [2.05, 4.69) is 25.9 Å². The Morgan fingerprint density at radius 2 is 1.90 bits per heavy atom. The first-order valence-corrected chi connectivity index (χ1v) is 7.32. The number of hydrogen-bond donors (Lipinski definition) is 1. The number of aryl methyl sites for hydroxylation is 1. The number of benzene rings is 1. The van der Waals surface area contributed by atoms with E-state index in [1.807, 2.05) is 19.2 Å². The molecule has 2 rings (SSSR count). The lowest BCUT2D eigenvalue weighted by Gasteiger charge is -2.22. The van der Waals surface area contributed by atoms with Gasteiger partial charge in [-0.2, -0.15) is 5.10 Å². The van der Waals surface area contributed by atoms with Crippen molar-refractivity contribution < 1.29 is 0 Å². The van der Waals surface area contributed by atoms with E-state index >= 15 is 0 Å². The summed E-state index contributed by atoms with van der Waals surface area (Å²) >= 11 is 12.1. The third-order valence-electron chi connectivity index (χ3n) is 3.82. The lowest BCUT2D eigenvalue weighted by Crippen LogP contribution is -2.17. The molecule has 0 saturated carbocycles. The van der Waals surface area contributed by atoms with Crippen LogP contribution in [0.25, 0.3) is 11.1 Å². The molecule has 0 aliphatic carbocycles. The number of hydrogen-bond acceptors (Lipinski definition) is 2. The Labute approximate surface area is 129 Å². The zero-order valence-corrected chi connectivity index (χ0v) is 13.7. The molecule has 3 nitrogen and oxygen atoms in total. The van der Waals surface area contributed by atoms with Crippen LogP contribution in [-0.4, -0.2) is 9.78 Å². The molecule has 1 heterocycles. The lowest BCUT2D eigenvalue weighted by atomic mass is 9.83. The molecule has 2 N–H and O–H groups in total. The molecule has 0 atom stereocenters. The normalized spacial score (nSPS) is 11.9. The summed E-state index contributed by atoms with van der Waals surface area (Å²) in [6, 6.07) is 5.55. The zero-order valence-electron chi connectivity index (χ0n) is 12.2. The predicted octanol–water partition coefficient (Wildman–Crippen LogP) is 4.66. The van der Waals surface area contributed by atoms with Crippen LogP contribution in [0.1, 0.15) is 32.9 Å². The summed E-state index contributed by atoms with van der Waals surface area (Å²) in [5.41, 5.74) is 9.01. The fourth-order valence-electron chi connectivity index (χ4n) is 2.11. The molecule has 0 amide bonds. The zero-order chi connectivity index (χ0) is 15.1. The summed E-state index contributed by atoms with van der Waals surface area (Å²) in [6.45, 7) is 6.47. The lowest BCUT2D eigenvalue weighted by molar-refractivity contribution is 0.483. The summed E-state index contributed by atoms with van der Waals surface area (Å²) < 4.78 is 1.71. The van der Waals surface area contributed by atoms with Crippen molar-refractivity contribution in [1.82, 2.24) is 9.78 Å². The molecular weight excluding hydrogens is 293 g/mol. The first kappa shape index (κ1) is 15.2. The van der Waals surface area contributed by atoms with Gasteiger partial charge in [0.1, 0.15) is 5.82 Å². The number of nitrogens with zero attached hydrogens (tertiary/aromatic N) is 2. The Kier molecular flexibility index (Phi) is 4.03. The Balaban J connectivity index is 2.69. The van der Waals surface area contributed by atoms with Crippen molar-refractivity contribution in [2.75, 3.05) is 5.73 Å². The minimum absolute atomic E-state index is 0.0587. The Bertz CT molecular complexity index is 645. The van der Waals surface area contributed by atoms with Crippen molar-refractivity contribution in [3.8, 4) is 11.1 Å². The van der Waals surface area contributed by atoms with Gasteiger partial charge in [-0.05, 0) is 24.1 Å². The molecule has 108 valence electrons. The van der Waals surface area contributed by atoms with Crippen molar-refractivity contribution in [1.29, 1.82) is 0 Å². The standard InChI is InChI=1S/C15H19Cl2N3/c1-5-15(2,3)13-12(14(18)20(4)19-13)9-6-7-10(16)11(17)8-9/h6-8H,5,18H2,1-4H3. The van der Waals surface area contributed by atoms with E-state index in [0.29, 0.717) is 15.9 Å². The first-order valence-electron chi connectivity index (χ1n) is 6.56. The van der Waals surface area contributed by atoms with Gasteiger partial charge in [-0.25, -0.2) is 0 Å². The van der Waals surface area contributed by atoms with E-state index in [9.17, 15) is 0 Å². The van der Waals surface area contributed by atoms with Crippen molar-refractivity contribution >= 4 is 29.0 Å². The second-order valence-corrected chi connectivity index (χ2v) is 6.41. The molecule has 5 heteroatoms. The molecule has 0 spiro atoms. The molecule has 0 radical (unpaired) electrons. The van der Waals surface area contributed by atoms with E-state index in [1.54, 1.807) is 10.7 Å². The molecule has 0 aliphatic heterocycles. The van der Waals surface area contributed by atoms with Crippen molar-refractivity contribution in [2.45, 2.75) is 32.6 Å². The van der Waals surface area contributed by atoms with Crippen LogP contribution in [-0.2, 0) is 12.5 Å². The van der Waals surface area contributed by atoms with Gasteiger partial charge in [-0.3, -0.25) is 4.68 Å². The highest BCUT2D eigenvalue weighted by atomic mass is 35.5. The smallest absolute Gasteiger partial charge is 0.129 e.